The van der Waals surface area contributed by atoms with Crippen molar-refractivity contribution < 1.29 is 0 Å². The van der Waals surface area contributed by atoms with Crippen molar-refractivity contribution in [3.63, 3.8) is 0 Å². The zero-order valence-corrected chi connectivity index (χ0v) is 12.7. The third-order valence-corrected chi connectivity index (χ3v) is 2.79. The van der Waals surface area contributed by atoms with Gasteiger partial charge in [0.15, 0.2) is 0 Å². The summed E-state index contributed by atoms with van der Waals surface area (Å²) in [7, 11) is 0. The molecule has 0 unspecified atom stereocenters. The first-order valence-electron chi connectivity index (χ1n) is 6.96. The van der Waals surface area contributed by atoms with E-state index in [4.69, 9.17) is 0 Å². The summed E-state index contributed by atoms with van der Waals surface area (Å²) >= 11 is 0. The fourth-order valence-corrected chi connectivity index (χ4v) is 1.99. The molecule has 0 fully saturated rings. The number of rotatable bonds is 12. The highest BCUT2D eigenvalue weighted by molar-refractivity contribution is 6.58. The van der Waals surface area contributed by atoms with Gasteiger partial charge < -0.3 is 9.62 Å². The van der Waals surface area contributed by atoms with Crippen molar-refractivity contribution in [1.82, 2.24) is 9.62 Å². The molecule has 0 radical (unpaired) electrons. The molecule has 0 saturated heterocycles. The van der Waals surface area contributed by atoms with Crippen molar-refractivity contribution >= 4 is 6.98 Å². The molecule has 0 atom stereocenters. The first-order chi connectivity index (χ1) is 9.74. The third kappa shape index (κ3) is 7.12. The van der Waals surface area contributed by atoms with Gasteiger partial charge in [0.2, 0.25) is 0 Å². The van der Waals surface area contributed by atoms with Gasteiger partial charge in [-0.05, 0) is 6.92 Å². The summed E-state index contributed by atoms with van der Waals surface area (Å²) in [5.41, 5.74) is 0. The van der Waals surface area contributed by atoms with Gasteiger partial charge >= 0.3 is 6.98 Å². The molecular formula is C17H27BN2. The van der Waals surface area contributed by atoms with Gasteiger partial charge in [-0.25, -0.2) is 0 Å². The highest BCUT2D eigenvalue weighted by atomic mass is 15.2. The molecule has 0 heterocycles. The standard InChI is InChI=1S/C17H27BN2/c1-6-11-12-13-18(19(14-7-2)15-8-3)20(16-9-4)17-10-5/h6-13H,2-5,14-17H2,1H3/b11-6+,13-12+. The number of nitrogens with zero attached hydrogens (tertiary/aromatic N) is 2. The van der Waals surface area contributed by atoms with Gasteiger partial charge in [0, 0.05) is 26.2 Å². The van der Waals surface area contributed by atoms with E-state index in [-0.39, 0.29) is 6.98 Å². The van der Waals surface area contributed by atoms with E-state index in [1.165, 1.54) is 0 Å². The first kappa shape index (κ1) is 18.4. The van der Waals surface area contributed by atoms with Gasteiger partial charge in [0.05, 0.1) is 0 Å². The van der Waals surface area contributed by atoms with Gasteiger partial charge in [-0.2, -0.15) is 0 Å². The van der Waals surface area contributed by atoms with Crippen LogP contribution in [0.5, 0.6) is 0 Å². The van der Waals surface area contributed by atoms with Crippen LogP contribution in [-0.4, -0.2) is 42.8 Å². The largest absolute Gasteiger partial charge is 0.339 e. The molecule has 0 N–H and O–H groups in total. The summed E-state index contributed by atoms with van der Waals surface area (Å²) in [6, 6.07) is 0. The van der Waals surface area contributed by atoms with Crippen LogP contribution in [0.25, 0.3) is 0 Å². The van der Waals surface area contributed by atoms with Gasteiger partial charge in [-0.3, -0.25) is 0 Å². The fourth-order valence-electron chi connectivity index (χ4n) is 1.99. The third-order valence-electron chi connectivity index (χ3n) is 2.79. The van der Waals surface area contributed by atoms with Crippen molar-refractivity contribution in [2.45, 2.75) is 6.92 Å². The molecule has 108 valence electrons. The lowest BCUT2D eigenvalue weighted by Gasteiger charge is -2.33. The van der Waals surface area contributed by atoms with E-state index in [2.05, 4.69) is 48.0 Å². The minimum absolute atomic E-state index is 0.165. The van der Waals surface area contributed by atoms with Crippen molar-refractivity contribution in [2.24, 2.45) is 0 Å². The summed E-state index contributed by atoms with van der Waals surface area (Å²) in [5, 5.41) is 0. The highest BCUT2D eigenvalue weighted by Crippen LogP contribution is 2.06. The summed E-state index contributed by atoms with van der Waals surface area (Å²) in [5.74, 6) is 2.18. The zero-order valence-electron chi connectivity index (χ0n) is 12.7. The van der Waals surface area contributed by atoms with Crippen LogP contribution in [-0.2, 0) is 0 Å². The van der Waals surface area contributed by atoms with Crippen molar-refractivity contribution in [3.8, 4) is 0 Å². The molecule has 0 aliphatic rings. The van der Waals surface area contributed by atoms with E-state index >= 15 is 0 Å². The predicted molar refractivity (Wildman–Crippen MR) is 93.6 cm³/mol. The molecule has 0 aromatic heterocycles. The topological polar surface area (TPSA) is 6.48 Å². The number of hydrogen-bond donors (Lipinski definition) is 0. The maximum absolute atomic E-state index is 3.84. The molecule has 0 aliphatic heterocycles. The summed E-state index contributed by atoms with van der Waals surface area (Å²) in [4.78, 5) is 4.60. The van der Waals surface area contributed by atoms with E-state index in [9.17, 15) is 0 Å². The van der Waals surface area contributed by atoms with Crippen LogP contribution in [0.3, 0.4) is 0 Å². The Labute approximate surface area is 125 Å². The second kappa shape index (κ2) is 12.5. The molecule has 0 saturated carbocycles. The predicted octanol–water partition coefficient (Wildman–Crippen LogP) is 3.49. The zero-order chi connectivity index (χ0) is 15.2. The van der Waals surface area contributed by atoms with Gasteiger partial charge in [-0.15, -0.1) is 26.3 Å². The quantitative estimate of drug-likeness (QED) is 0.304. The molecule has 0 aliphatic carbocycles. The van der Waals surface area contributed by atoms with E-state index in [0.29, 0.717) is 0 Å². The smallest absolute Gasteiger partial charge is 0.318 e. The Morgan fingerprint density at radius 3 is 1.45 bits per heavy atom. The molecule has 2 nitrogen and oxygen atoms in total. The lowest BCUT2D eigenvalue weighted by molar-refractivity contribution is 0.430. The van der Waals surface area contributed by atoms with E-state index in [1.807, 2.05) is 43.4 Å². The molecule has 0 spiro atoms. The average Bonchev–Trinajstić information content (AvgIpc) is 2.44. The molecule has 0 amide bonds. The maximum Gasteiger partial charge on any atom is 0.339 e. The Kier molecular flexibility index (Phi) is 11.5. The Hall–Kier alpha value is -1.58. The molecule has 3 heteroatoms. The maximum atomic E-state index is 3.84. The number of allylic oxidation sites excluding steroid dienone is 3. The van der Waals surface area contributed by atoms with Crippen LogP contribution in [0.1, 0.15) is 6.92 Å². The van der Waals surface area contributed by atoms with Crippen molar-refractivity contribution in [3.05, 3.63) is 74.8 Å². The highest BCUT2D eigenvalue weighted by Gasteiger charge is 2.25. The molecular weight excluding hydrogens is 243 g/mol. The Balaban J connectivity index is 5.24. The summed E-state index contributed by atoms with van der Waals surface area (Å²) < 4.78 is 0. The lowest BCUT2D eigenvalue weighted by atomic mass is 9.70. The van der Waals surface area contributed by atoms with Crippen LogP contribution in [0.4, 0.5) is 0 Å². The van der Waals surface area contributed by atoms with Crippen LogP contribution >= 0.6 is 0 Å². The Morgan fingerprint density at radius 1 is 0.750 bits per heavy atom. The van der Waals surface area contributed by atoms with Crippen molar-refractivity contribution in [2.75, 3.05) is 26.2 Å². The molecule has 0 rings (SSSR count). The second-order valence-corrected chi connectivity index (χ2v) is 4.39. The average molecular weight is 270 g/mol. The van der Waals surface area contributed by atoms with E-state index in [1.54, 1.807) is 0 Å². The molecule has 0 bridgehead atoms. The van der Waals surface area contributed by atoms with Crippen LogP contribution < -0.4 is 0 Å². The number of hydrogen-bond acceptors (Lipinski definition) is 2. The van der Waals surface area contributed by atoms with Crippen LogP contribution in [0, 0.1) is 0 Å². The second-order valence-electron chi connectivity index (χ2n) is 4.39. The lowest BCUT2D eigenvalue weighted by Crippen LogP contribution is -2.52. The minimum atomic E-state index is 0.165. The minimum Gasteiger partial charge on any atom is -0.318 e. The van der Waals surface area contributed by atoms with Gasteiger partial charge in [0.1, 0.15) is 0 Å². The van der Waals surface area contributed by atoms with Gasteiger partial charge in [-0.1, -0.05) is 48.5 Å². The molecule has 0 aromatic rings. The molecule has 20 heavy (non-hydrogen) atoms. The first-order valence-corrected chi connectivity index (χ1v) is 6.96. The van der Waals surface area contributed by atoms with Crippen LogP contribution in [0.2, 0.25) is 0 Å². The summed E-state index contributed by atoms with van der Waals surface area (Å²) in [6.45, 7) is 20.8. The molecule has 0 aromatic carbocycles. The Bertz CT molecular complexity index is 314. The normalized spacial score (nSPS) is 11.3. The SMILES string of the molecule is C=CCN(CC=C)B(/C=C/C=C/C)N(CC=C)CC=C. The van der Waals surface area contributed by atoms with Crippen molar-refractivity contribution in [1.29, 1.82) is 0 Å². The van der Waals surface area contributed by atoms with Gasteiger partial charge in [0.25, 0.3) is 0 Å². The summed E-state index contributed by atoms with van der Waals surface area (Å²) in [6.07, 6.45) is 13.8. The van der Waals surface area contributed by atoms with Crippen LogP contribution in [0.15, 0.2) is 74.8 Å². The van der Waals surface area contributed by atoms with E-state index in [0.717, 1.165) is 26.2 Å². The monoisotopic (exact) mass is 270 g/mol. The fraction of sp³-hybridized carbons (Fsp3) is 0.294. The van der Waals surface area contributed by atoms with E-state index < -0.39 is 0 Å². The Morgan fingerprint density at radius 2 is 1.15 bits per heavy atom.